The number of hydrogen-bond donors (Lipinski definition) is 1. The van der Waals surface area contributed by atoms with Crippen molar-refractivity contribution in [1.82, 2.24) is 0 Å². The van der Waals surface area contributed by atoms with E-state index in [-0.39, 0.29) is 17.4 Å². The van der Waals surface area contributed by atoms with Gasteiger partial charge in [0.05, 0.1) is 22.7 Å². The summed E-state index contributed by atoms with van der Waals surface area (Å²) in [5.74, 6) is -1.88. The zero-order valence-corrected chi connectivity index (χ0v) is 17.5. The van der Waals surface area contributed by atoms with Gasteiger partial charge in [0.15, 0.2) is 6.61 Å². The molecule has 0 bridgehead atoms. The molecule has 0 fully saturated rings. The van der Waals surface area contributed by atoms with Gasteiger partial charge in [0, 0.05) is 5.92 Å². The molecular weight excluding hydrogens is 443 g/mol. The number of amides is 1. The summed E-state index contributed by atoms with van der Waals surface area (Å²) in [7, 11) is 0. The van der Waals surface area contributed by atoms with E-state index >= 15 is 0 Å². The second-order valence-electron chi connectivity index (χ2n) is 6.95. The van der Waals surface area contributed by atoms with Crippen molar-refractivity contribution in [3.63, 3.8) is 0 Å². The Kier molecular flexibility index (Phi) is 7.53. The molecule has 0 spiro atoms. The third-order valence-corrected chi connectivity index (χ3v) is 5.04. The molecule has 0 saturated heterocycles. The molecule has 0 aliphatic heterocycles. The molecule has 0 heterocycles. The fourth-order valence-electron chi connectivity index (χ4n) is 3.23. The van der Waals surface area contributed by atoms with Gasteiger partial charge in [-0.15, -0.1) is 0 Å². The second-order valence-corrected chi connectivity index (χ2v) is 7.35. The number of carbonyl (C=O) groups is 2. The molecule has 0 saturated carbocycles. The third kappa shape index (κ3) is 6.11. The molecule has 0 aliphatic carbocycles. The standard InChI is InChI=1S/C24H19ClF3NO3/c25-20-13-7-12-19(24(26,27)28)23(20)29-21(30)15-32-22(31)14-18(16-8-3-1-4-9-16)17-10-5-2-6-11-17/h1-13,18H,14-15H2,(H,29,30). The van der Waals surface area contributed by atoms with Crippen molar-refractivity contribution in [3.8, 4) is 0 Å². The van der Waals surface area contributed by atoms with Crippen molar-refractivity contribution in [2.24, 2.45) is 0 Å². The molecule has 1 N–H and O–H groups in total. The van der Waals surface area contributed by atoms with Crippen molar-refractivity contribution in [2.45, 2.75) is 18.5 Å². The molecule has 3 aromatic rings. The number of halogens is 4. The molecule has 3 aromatic carbocycles. The van der Waals surface area contributed by atoms with Crippen molar-refractivity contribution < 1.29 is 27.5 Å². The van der Waals surface area contributed by atoms with Gasteiger partial charge in [-0.3, -0.25) is 9.59 Å². The molecule has 0 unspecified atom stereocenters. The van der Waals surface area contributed by atoms with Gasteiger partial charge in [-0.2, -0.15) is 13.2 Å². The number of anilines is 1. The van der Waals surface area contributed by atoms with Gasteiger partial charge in [0.1, 0.15) is 0 Å². The van der Waals surface area contributed by atoms with E-state index in [0.717, 1.165) is 23.3 Å². The number of carbonyl (C=O) groups excluding carboxylic acids is 2. The summed E-state index contributed by atoms with van der Waals surface area (Å²) >= 11 is 5.82. The molecule has 1 amide bonds. The van der Waals surface area contributed by atoms with Crippen LogP contribution >= 0.6 is 11.6 Å². The largest absolute Gasteiger partial charge is 0.456 e. The Morgan fingerprint density at radius 1 is 0.875 bits per heavy atom. The van der Waals surface area contributed by atoms with E-state index in [2.05, 4.69) is 5.32 Å². The van der Waals surface area contributed by atoms with E-state index in [4.69, 9.17) is 16.3 Å². The first-order valence-electron chi connectivity index (χ1n) is 9.67. The highest BCUT2D eigenvalue weighted by molar-refractivity contribution is 6.34. The first-order chi connectivity index (χ1) is 15.3. The Bertz CT molecular complexity index is 1030. The summed E-state index contributed by atoms with van der Waals surface area (Å²) in [5, 5.41) is 1.82. The summed E-state index contributed by atoms with van der Waals surface area (Å²) in [4.78, 5) is 24.6. The van der Waals surface area contributed by atoms with Crippen LogP contribution in [-0.2, 0) is 20.5 Å². The summed E-state index contributed by atoms with van der Waals surface area (Å²) < 4.78 is 44.5. The molecule has 166 valence electrons. The monoisotopic (exact) mass is 461 g/mol. The Morgan fingerprint density at radius 2 is 1.44 bits per heavy atom. The highest BCUT2D eigenvalue weighted by Crippen LogP contribution is 2.38. The summed E-state index contributed by atoms with van der Waals surface area (Å²) in [5.41, 5.74) is 0.129. The van der Waals surface area contributed by atoms with Gasteiger partial charge < -0.3 is 10.1 Å². The zero-order chi connectivity index (χ0) is 23.1. The van der Waals surface area contributed by atoms with Crippen molar-refractivity contribution in [2.75, 3.05) is 11.9 Å². The van der Waals surface area contributed by atoms with Crippen LogP contribution in [-0.4, -0.2) is 18.5 Å². The molecule has 4 nitrogen and oxygen atoms in total. The van der Waals surface area contributed by atoms with Crippen LogP contribution in [0, 0.1) is 0 Å². The highest BCUT2D eigenvalue weighted by atomic mass is 35.5. The molecular formula is C24H19ClF3NO3. The highest BCUT2D eigenvalue weighted by Gasteiger charge is 2.34. The molecule has 3 rings (SSSR count). The number of esters is 1. The predicted octanol–water partition coefficient (Wildman–Crippen LogP) is 6.06. The van der Waals surface area contributed by atoms with Gasteiger partial charge in [-0.1, -0.05) is 78.3 Å². The summed E-state index contributed by atoms with van der Waals surface area (Å²) in [6.07, 6.45) is -4.75. The minimum absolute atomic E-state index is 0.0405. The lowest BCUT2D eigenvalue weighted by Crippen LogP contribution is -2.23. The molecule has 0 radical (unpaired) electrons. The first kappa shape index (κ1) is 23.3. The maximum absolute atomic E-state index is 13.2. The van der Waals surface area contributed by atoms with Gasteiger partial charge in [-0.25, -0.2) is 0 Å². The van der Waals surface area contributed by atoms with Crippen LogP contribution in [0.3, 0.4) is 0 Å². The zero-order valence-electron chi connectivity index (χ0n) is 16.7. The maximum Gasteiger partial charge on any atom is 0.418 e. The van der Waals surface area contributed by atoms with Gasteiger partial charge >= 0.3 is 12.1 Å². The Labute approximate surface area is 188 Å². The van der Waals surface area contributed by atoms with Crippen molar-refractivity contribution >= 4 is 29.2 Å². The summed E-state index contributed by atoms with van der Waals surface area (Å²) in [6.45, 7) is -0.738. The SMILES string of the molecule is O=C(COC(=O)CC(c1ccccc1)c1ccccc1)Nc1c(Cl)cccc1C(F)(F)F. The first-order valence-corrected chi connectivity index (χ1v) is 10.0. The van der Waals surface area contributed by atoms with Crippen LogP contribution in [0.25, 0.3) is 0 Å². The molecule has 0 aromatic heterocycles. The lowest BCUT2D eigenvalue weighted by Gasteiger charge is -2.18. The lowest BCUT2D eigenvalue weighted by atomic mass is 9.89. The maximum atomic E-state index is 13.2. The van der Waals surface area contributed by atoms with Gasteiger partial charge in [0.25, 0.3) is 5.91 Å². The van der Waals surface area contributed by atoms with E-state index < -0.39 is 35.9 Å². The number of alkyl halides is 3. The van der Waals surface area contributed by atoms with Crippen LogP contribution < -0.4 is 5.32 Å². The van der Waals surface area contributed by atoms with E-state index in [1.165, 1.54) is 6.07 Å². The predicted molar refractivity (Wildman–Crippen MR) is 115 cm³/mol. The third-order valence-electron chi connectivity index (χ3n) is 4.72. The number of ether oxygens (including phenoxy) is 1. The Hall–Kier alpha value is -3.32. The van der Waals surface area contributed by atoms with Crippen molar-refractivity contribution in [1.29, 1.82) is 0 Å². The number of nitrogens with one attached hydrogen (secondary N) is 1. The van der Waals surface area contributed by atoms with E-state index in [0.29, 0.717) is 0 Å². The smallest absolute Gasteiger partial charge is 0.418 e. The quantitative estimate of drug-likeness (QED) is 0.435. The topological polar surface area (TPSA) is 55.4 Å². The van der Waals surface area contributed by atoms with Gasteiger partial charge in [-0.05, 0) is 23.3 Å². The van der Waals surface area contributed by atoms with E-state index in [1.807, 2.05) is 60.7 Å². The fraction of sp³-hybridized carbons (Fsp3) is 0.167. The number of benzene rings is 3. The lowest BCUT2D eigenvalue weighted by molar-refractivity contribution is -0.147. The average molecular weight is 462 g/mol. The minimum Gasteiger partial charge on any atom is -0.456 e. The normalized spacial score (nSPS) is 11.3. The average Bonchev–Trinajstić information content (AvgIpc) is 2.78. The van der Waals surface area contributed by atoms with Gasteiger partial charge in [0.2, 0.25) is 0 Å². The minimum atomic E-state index is -4.71. The molecule has 32 heavy (non-hydrogen) atoms. The van der Waals surface area contributed by atoms with Crippen LogP contribution in [0.15, 0.2) is 78.9 Å². The van der Waals surface area contributed by atoms with Crippen LogP contribution in [0.2, 0.25) is 5.02 Å². The van der Waals surface area contributed by atoms with E-state index in [9.17, 15) is 22.8 Å². The number of rotatable bonds is 7. The van der Waals surface area contributed by atoms with Crippen LogP contribution in [0.1, 0.15) is 29.0 Å². The van der Waals surface area contributed by atoms with Crippen LogP contribution in [0.5, 0.6) is 0 Å². The van der Waals surface area contributed by atoms with Crippen molar-refractivity contribution in [3.05, 3.63) is 101 Å². The molecule has 0 atom stereocenters. The summed E-state index contributed by atoms with van der Waals surface area (Å²) in [6, 6.07) is 21.8. The Morgan fingerprint density at radius 3 is 1.97 bits per heavy atom. The Balaban J connectivity index is 1.66. The fourth-order valence-corrected chi connectivity index (χ4v) is 3.46. The second kappa shape index (κ2) is 10.3. The van der Waals surface area contributed by atoms with Crippen LogP contribution in [0.4, 0.5) is 18.9 Å². The van der Waals surface area contributed by atoms with E-state index in [1.54, 1.807) is 0 Å². The number of para-hydroxylation sites is 1. The molecule has 8 heteroatoms. The molecule has 0 aliphatic rings. The number of hydrogen-bond acceptors (Lipinski definition) is 3.